The molecule has 154 valence electrons. The summed E-state index contributed by atoms with van der Waals surface area (Å²) in [5.74, 6) is 0.459. The summed E-state index contributed by atoms with van der Waals surface area (Å²) in [7, 11) is 0. The van der Waals surface area contributed by atoms with Crippen LogP contribution in [0, 0.1) is 19.8 Å². The quantitative estimate of drug-likeness (QED) is 0.426. The van der Waals surface area contributed by atoms with Crippen molar-refractivity contribution in [2.24, 2.45) is 5.92 Å². The summed E-state index contributed by atoms with van der Waals surface area (Å²) in [6.07, 6.45) is 0. The Morgan fingerprint density at radius 2 is 1.90 bits per heavy atom. The van der Waals surface area contributed by atoms with Gasteiger partial charge in [-0.15, -0.1) is 11.3 Å². The van der Waals surface area contributed by atoms with E-state index in [1.54, 1.807) is 28.8 Å². The number of carbonyl (C=O) groups is 1. The first kappa shape index (κ1) is 21.9. The number of aromatic nitrogens is 2. The number of thioether (sulfide) groups is 1. The predicted octanol–water partition coefficient (Wildman–Crippen LogP) is 4.97. The molecule has 2 aromatic heterocycles. The monoisotopic (exact) mass is 449 g/mol. The maximum atomic E-state index is 13.4. The molecule has 1 aromatic carbocycles. The summed E-state index contributed by atoms with van der Waals surface area (Å²) in [5, 5.41) is 4.71. The minimum atomic E-state index is -0.127. The smallest absolute Gasteiger partial charge is 0.267 e. The zero-order valence-corrected chi connectivity index (χ0v) is 19.5. The lowest BCUT2D eigenvalue weighted by Gasteiger charge is -2.17. The molecule has 0 bridgehead atoms. The van der Waals surface area contributed by atoms with Crippen molar-refractivity contribution in [3.63, 3.8) is 0 Å². The number of carbonyl (C=O) groups excluding carboxylic acids is 1. The van der Waals surface area contributed by atoms with Gasteiger partial charge in [0.1, 0.15) is 4.83 Å². The number of hydrogen-bond donors (Lipinski definition) is 1. The fraction of sp³-hybridized carbons (Fsp3) is 0.381. The van der Waals surface area contributed by atoms with E-state index in [-0.39, 0.29) is 23.3 Å². The molecule has 0 aliphatic carbocycles. The van der Waals surface area contributed by atoms with Gasteiger partial charge in [0.05, 0.1) is 16.8 Å². The number of nitrogens with one attached hydrogen (secondary N) is 1. The van der Waals surface area contributed by atoms with E-state index in [1.165, 1.54) is 23.1 Å². The third-order valence-electron chi connectivity index (χ3n) is 4.98. The molecule has 29 heavy (non-hydrogen) atoms. The SMILES string of the molecule is Cc1sc2nc(SCC(=O)NC(C)C(C)C)n(-c3ccc(Cl)cc3)c(=O)c2c1C. The van der Waals surface area contributed by atoms with E-state index in [9.17, 15) is 9.59 Å². The molecule has 0 saturated carbocycles. The van der Waals surface area contributed by atoms with Gasteiger partial charge in [-0.1, -0.05) is 37.2 Å². The van der Waals surface area contributed by atoms with Crippen LogP contribution in [0.1, 0.15) is 31.2 Å². The van der Waals surface area contributed by atoms with Gasteiger partial charge in [0.2, 0.25) is 5.91 Å². The Balaban J connectivity index is 2.03. The summed E-state index contributed by atoms with van der Waals surface area (Å²) < 4.78 is 1.57. The van der Waals surface area contributed by atoms with Gasteiger partial charge in [0, 0.05) is 15.9 Å². The molecule has 0 aliphatic rings. The molecule has 1 amide bonds. The first-order chi connectivity index (χ1) is 13.7. The average Bonchev–Trinajstić information content (AvgIpc) is 2.95. The Morgan fingerprint density at radius 1 is 1.24 bits per heavy atom. The number of aryl methyl sites for hydroxylation is 2. The minimum Gasteiger partial charge on any atom is -0.353 e. The molecule has 0 spiro atoms. The second-order valence-corrected chi connectivity index (χ2v) is 9.95. The molecule has 0 fully saturated rings. The lowest BCUT2D eigenvalue weighted by Crippen LogP contribution is -2.37. The minimum absolute atomic E-state index is 0.0771. The van der Waals surface area contributed by atoms with Crippen LogP contribution in [0.25, 0.3) is 15.9 Å². The number of amides is 1. The first-order valence-electron chi connectivity index (χ1n) is 9.40. The van der Waals surface area contributed by atoms with Crippen LogP contribution < -0.4 is 10.9 Å². The van der Waals surface area contributed by atoms with E-state index in [2.05, 4.69) is 19.2 Å². The third kappa shape index (κ3) is 4.68. The van der Waals surface area contributed by atoms with E-state index in [0.717, 1.165) is 10.4 Å². The van der Waals surface area contributed by atoms with Crippen LogP contribution in [0.4, 0.5) is 0 Å². The highest BCUT2D eigenvalue weighted by atomic mass is 35.5. The first-order valence-corrected chi connectivity index (χ1v) is 11.6. The highest BCUT2D eigenvalue weighted by Gasteiger charge is 2.19. The van der Waals surface area contributed by atoms with Gasteiger partial charge < -0.3 is 5.32 Å². The van der Waals surface area contributed by atoms with E-state index in [0.29, 0.717) is 32.0 Å². The highest BCUT2D eigenvalue weighted by Crippen LogP contribution is 2.29. The second kappa shape index (κ2) is 8.90. The maximum Gasteiger partial charge on any atom is 0.267 e. The molecule has 1 unspecified atom stereocenters. The Hall–Kier alpha value is -1.83. The fourth-order valence-electron chi connectivity index (χ4n) is 2.78. The molecule has 3 aromatic rings. The van der Waals surface area contributed by atoms with E-state index < -0.39 is 0 Å². The van der Waals surface area contributed by atoms with Gasteiger partial charge in [-0.2, -0.15) is 0 Å². The number of thiophene rings is 1. The molecule has 1 N–H and O–H groups in total. The Labute approximate surface area is 183 Å². The number of nitrogens with zero attached hydrogens (tertiary/aromatic N) is 2. The van der Waals surface area contributed by atoms with Crippen LogP contribution in [0.3, 0.4) is 0 Å². The predicted molar refractivity (Wildman–Crippen MR) is 123 cm³/mol. The van der Waals surface area contributed by atoms with Gasteiger partial charge in [-0.25, -0.2) is 4.98 Å². The number of benzene rings is 1. The molecule has 8 heteroatoms. The third-order valence-corrected chi connectivity index (χ3v) is 7.27. The van der Waals surface area contributed by atoms with Crippen molar-refractivity contribution in [1.29, 1.82) is 0 Å². The van der Waals surface area contributed by atoms with Crippen LogP contribution in [0.5, 0.6) is 0 Å². The standard InChI is InChI=1S/C21H24ClN3O2S2/c1-11(2)13(4)23-17(26)10-28-21-24-19-18(12(3)14(5)29-19)20(27)25(21)16-8-6-15(22)7-9-16/h6-9,11,13H,10H2,1-5H3,(H,23,26). The van der Waals surface area contributed by atoms with Crippen molar-refractivity contribution >= 4 is 50.8 Å². The average molecular weight is 450 g/mol. The summed E-state index contributed by atoms with van der Waals surface area (Å²) in [6.45, 7) is 10.0. The van der Waals surface area contributed by atoms with Gasteiger partial charge in [0.15, 0.2) is 5.16 Å². The topological polar surface area (TPSA) is 64.0 Å². The zero-order valence-electron chi connectivity index (χ0n) is 17.1. The van der Waals surface area contributed by atoms with Crippen molar-refractivity contribution < 1.29 is 4.79 Å². The van der Waals surface area contributed by atoms with Crippen LogP contribution in [0.2, 0.25) is 5.02 Å². The van der Waals surface area contributed by atoms with Crippen molar-refractivity contribution in [1.82, 2.24) is 14.9 Å². The number of halogens is 1. The molecular weight excluding hydrogens is 426 g/mol. The van der Waals surface area contributed by atoms with E-state index in [1.807, 2.05) is 20.8 Å². The molecule has 0 aliphatic heterocycles. The molecule has 2 heterocycles. The Morgan fingerprint density at radius 3 is 2.52 bits per heavy atom. The summed E-state index contributed by atoms with van der Waals surface area (Å²) in [5.41, 5.74) is 1.50. The Bertz CT molecular complexity index is 1100. The number of hydrogen-bond acceptors (Lipinski definition) is 5. The molecule has 0 radical (unpaired) electrons. The van der Waals surface area contributed by atoms with Gasteiger partial charge in [-0.3, -0.25) is 14.2 Å². The zero-order chi connectivity index (χ0) is 21.3. The summed E-state index contributed by atoms with van der Waals surface area (Å²) >= 11 is 8.79. The number of fused-ring (bicyclic) bond motifs is 1. The maximum absolute atomic E-state index is 13.4. The summed E-state index contributed by atoms with van der Waals surface area (Å²) in [6, 6.07) is 7.14. The summed E-state index contributed by atoms with van der Waals surface area (Å²) in [4.78, 5) is 32.2. The van der Waals surface area contributed by atoms with Crippen molar-refractivity contribution in [2.75, 3.05) is 5.75 Å². The van der Waals surface area contributed by atoms with Crippen LogP contribution in [0.15, 0.2) is 34.2 Å². The fourth-order valence-corrected chi connectivity index (χ4v) is 4.80. The molecule has 3 rings (SSSR count). The van der Waals surface area contributed by atoms with Crippen molar-refractivity contribution in [3.8, 4) is 5.69 Å². The number of rotatable bonds is 6. The lowest BCUT2D eigenvalue weighted by atomic mass is 10.1. The Kier molecular flexibility index (Phi) is 6.71. The van der Waals surface area contributed by atoms with Crippen molar-refractivity contribution in [2.45, 2.75) is 45.8 Å². The van der Waals surface area contributed by atoms with Gasteiger partial charge in [0.25, 0.3) is 5.56 Å². The van der Waals surface area contributed by atoms with Crippen LogP contribution in [-0.4, -0.2) is 27.3 Å². The van der Waals surface area contributed by atoms with Crippen LogP contribution >= 0.6 is 34.7 Å². The molecule has 1 atom stereocenters. The largest absolute Gasteiger partial charge is 0.353 e. The highest BCUT2D eigenvalue weighted by molar-refractivity contribution is 7.99. The van der Waals surface area contributed by atoms with Gasteiger partial charge >= 0.3 is 0 Å². The lowest BCUT2D eigenvalue weighted by molar-refractivity contribution is -0.119. The molecule has 5 nitrogen and oxygen atoms in total. The van der Waals surface area contributed by atoms with E-state index in [4.69, 9.17) is 16.6 Å². The molecule has 0 saturated heterocycles. The van der Waals surface area contributed by atoms with Gasteiger partial charge in [-0.05, 0) is 56.5 Å². The van der Waals surface area contributed by atoms with Crippen molar-refractivity contribution in [3.05, 3.63) is 50.1 Å². The van der Waals surface area contributed by atoms with Crippen LogP contribution in [-0.2, 0) is 4.79 Å². The second-order valence-electron chi connectivity index (χ2n) is 7.36. The normalized spacial score (nSPS) is 12.5. The van der Waals surface area contributed by atoms with E-state index >= 15 is 0 Å². The molecular formula is C21H24ClN3O2S2.